The van der Waals surface area contributed by atoms with Crippen LogP contribution in [0, 0.1) is 18.3 Å². The first kappa shape index (κ1) is 15.3. The maximum absolute atomic E-state index is 12.3. The molecule has 0 heterocycles. The zero-order chi connectivity index (χ0) is 15.2. The van der Waals surface area contributed by atoms with Crippen LogP contribution in [-0.2, 0) is 11.2 Å². The number of hydrogen-bond donors (Lipinski definition) is 0. The van der Waals surface area contributed by atoms with Gasteiger partial charge in [-0.05, 0) is 42.2 Å². The summed E-state index contributed by atoms with van der Waals surface area (Å²) in [7, 11) is 0. The van der Waals surface area contributed by atoms with Gasteiger partial charge in [-0.25, -0.2) is 0 Å². The molecular weight excluding hydrogens is 282 g/mol. The van der Waals surface area contributed by atoms with Gasteiger partial charge in [0.25, 0.3) is 0 Å². The van der Waals surface area contributed by atoms with E-state index in [1.54, 1.807) is 24.3 Å². The molecule has 1 atom stereocenters. The first-order valence-electron chi connectivity index (χ1n) is 6.84. The van der Waals surface area contributed by atoms with Gasteiger partial charge in [0, 0.05) is 11.4 Å². The minimum atomic E-state index is -0.743. The number of halogens is 1. The molecule has 21 heavy (non-hydrogen) atoms. The summed E-state index contributed by atoms with van der Waals surface area (Å²) in [5.41, 5.74) is 2.98. The minimum Gasteiger partial charge on any atom is -0.298 e. The summed E-state index contributed by atoms with van der Waals surface area (Å²) in [6.07, 6.45) is 1.01. The first-order valence-corrected chi connectivity index (χ1v) is 7.22. The van der Waals surface area contributed by atoms with Crippen LogP contribution < -0.4 is 0 Å². The Morgan fingerprint density at radius 1 is 1.24 bits per heavy atom. The molecule has 0 amide bonds. The van der Waals surface area contributed by atoms with Crippen LogP contribution in [0.2, 0.25) is 5.02 Å². The Labute approximate surface area is 130 Å². The molecule has 2 aromatic rings. The fourth-order valence-corrected chi connectivity index (χ4v) is 2.51. The van der Waals surface area contributed by atoms with Gasteiger partial charge in [-0.1, -0.05) is 48.0 Å². The molecule has 3 heteroatoms. The summed E-state index contributed by atoms with van der Waals surface area (Å²) in [5, 5.41) is 9.82. The van der Waals surface area contributed by atoms with Crippen LogP contribution in [0.25, 0.3) is 0 Å². The van der Waals surface area contributed by atoms with Crippen molar-refractivity contribution in [1.82, 2.24) is 0 Å². The molecule has 0 aromatic heterocycles. The Balaban J connectivity index is 2.08. The minimum absolute atomic E-state index is 0.0666. The van der Waals surface area contributed by atoms with E-state index in [2.05, 4.69) is 6.07 Å². The highest BCUT2D eigenvalue weighted by atomic mass is 35.5. The number of ketones is 1. The Kier molecular flexibility index (Phi) is 5.14. The van der Waals surface area contributed by atoms with Crippen molar-refractivity contribution in [1.29, 1.82) is 5.26 Å². The molecule has 0 radical (unpaired) electrons. The van der Waals surface area contributed by atoms with E-state index in [4.69, 9.17) is 11.6 Å². The summed E-state index contributed by atoms with van der Waals surface area (Å²) < 4.78 is 0. The molecule has 0 aliphatic rings. The third kappa shape index (κ3) is 3.93. The zero-order valence-electron chi connectivity index (χ0n) is 11.8. The molecule has 106 valence electrons. The van der Waals surface area contributed by atoms with Crippen molar-refractivity contribution in [2.75, 3.05) is 0 Å². The highest BCUT2D eigenvalue weighted by Crippen LogP contribution is 2.22. The number of hydrogen-bond acceptors (Lipinski definition) is 2. The van der Waals surface area contributed by atoms with E-state index >= 15 is 0 Å². The Morgan fingerprint density at radius 3 is 2.67 bits per heavy atom. The number of benzene rings is 2. The average Bonchev–Trinajstić information content (AvgIpc) is 2.47. The van der Waals surface area contributed by atoms with Gasteiger partial charge in [0.15, 0.2) is 5.78 Å². The predicted octanol–water partition coefficient (Wildman–Crippen LogP) is 4.46. The van der Waals surface area contributed by atoms with E-state index in [1.165, 1.54) is 5.56 Å². The molecule has 0 bridgehead atoms. The maximum atomic E-state index is 12.3. The van der Waals surface area contributed by atoms with Crippen molar-refractivity contribution in [3.8, 4) is 6.07 Å². The molecule has 0 aliphatic heterocycles. The second-order valence-corrected chi connectivity index (χ2v) is 5.45. The van der Waals surface area contributed by atoms with Crippen LogP contribution in [0.1, 0.15) is 29.0 Å². The summed E-state index contributed by atoms with van der Waals surface area (Å²) in [6.45, 7) is 2.03. The fraction of sp³-hybridized carbons (Fsp3) is 0.222. The van der Waals surface area contributed by atoms with Gasteiger partial charge in [0.05, 0.1) is 6.07 Å². The van der Waals surface area contributed by atoms with Crippen LogP contribution >= 0.6 is 11.6 Å². The topological polar surface area (TPSA) is 40.9 Å². The second kappa shape index (κ2) is 7.06. The quantitative estimate of drug-likeness (QED) is 0.817. The monoisotopic (exact) mass is 297 g/mol. The number of nitrogens with zero attached hydrogens (tertiary/aromatic N) is 1. The van der Waals surface area contributed by atoms with Crippen molar-refractivity contribution >= 4 is 17.4 Å². The predicted molar refractivity (Wildman–Crippen MR) is 84.3 cm³/mol. The number of Topliss-reactive ketones (excluding diaryl/α,β-unsaturated/α-hetero) is 1. The molecule has 0 saturated heterocycles. The highest BCUT2D eigenvalue weighted by Gasteiger charge is 2.20. The van der Waals surface area contributed by atoms with Crippen LogP contribution in [0.4, 0.5) is 0 Å². The third-order valence-electron chi connectivity index (χ3n) is 3.54. The number of carbonyl (C=O) groups is 1. The van der Waals surface area contributed by atoms with Crippen molar-refractivity contribution in [3.63, 3.8) is 0 Å². The van der Waals surface area contributed by atoms with Gasteiger partial charge in [-0.2, -0.15) is 5.26 Å². The summed E-state index contributed by atoms with van der Waals surface area (Å²) >= 11 is 5.92. The smallest absolute Gasteiger partial charge is 0.154 e. The Hall–Kier alpha value is -2.11. The highest BCUT2D eigenvalue weighted by molar-refractivity contribution is 6.30. The number of nitriles is 1. The molecular formula is C18H16ClNO. The lowest BCUT2D eigenvalue weighted by atomic mass is 9.92. The molecule has 2 aromatic carbocycles. The standard InChI is InChI=1S/C18H16ClNO/c1-13-5-2-3-6-14(13)9-10-18(21)17(12-20)15-7-4-8-16(19)11-15/h2-8,11,17H,9-10H2,1H3. The molecule has 2 rings (SSSR count). The normalized spacial score (nSPS) is 11.7. The number of rotatable bonds is 5. The van der Waals surface area contributed by atoms with Crippen molar-refractivity contribution in [3.05, 3.63) is 70.2 Å². The lowest BCUT2D eigenvalue weighted by Gasteiger charge is -2.10. The van der Waals surface area contributed by atoms with Gasteiger partial charge in [0.1, 0.15) is 5.92 Å². The molecule has 0 spiro atoms. The van der Waals surface area contributed by atoms with Gasteiger partial charge in [-0.3, -0.25) is 4.79 Å². The van der Waals surface area contributed by atoms with Crippen LogP contribution in [0.3, 0.4) is 0 Å². The number of aryl methyl sites for hydroxylation is 2. The molecule has 0 N–H and O–H groups in total. The summed E-state index contributed by atoms with van der Waals surface area (Å²) in [6, 6.07) is 17.0. The van der Waals surface area contributed by atoms with E-state index in [9.17, 15) is 10.1 Å². The molecule has 0 aliphatic carbocycles. The fourth-order valence-electron chi connectivity index (χ4n) is 2.31. The lowest BCUT2D eigenvalue weighted by molar-refractivity contribution is -0.119. The lowest BCUT2D eigenvalue weighted by Crippen LogP contribution is -2.12. The Bertz CT molecular complexity index is 688. The van der Waals surface area contributed by atoms with Crippen molar-refractivity contribution in [2.45, 2.75) is 25.7 Å². The zero-order valence-corrected chi connectivity index (χ0v) is 12.6. The number of carbonyl (C=O) groups excluding carboxylic acids is 1. The van der Waals surface area contributed by atoms with E-state index in [0.29, 0.717) is 23.4 Å². The maximum Gasteiger partial charge on any atom is 0.154 e. The Morgan fingerprint density at radius 2 is 2.00 bits per heavy atom. The second-order valence-electron chi connectivity index (χ2n) is 5.01. The SMILES string of the molecule is Cc1ccccc1CCC(=O)C(C#N)c1cccc(Cl)c1. The summed E-state index contributed by atoms with van der Waals surface area (Å²) in [5.74, 6) is -0.810. The summed E-state index contributed by atoms with van der Waals surface area (Å²) in [4.78, 5) is 12.3. The molecule has 2 nitrogen and oxygen atoms in total. The van der Waals surface area contributed by atoms with E-state index in [-0.39, 0.29) is 5.78 Å². The van der Waals surface area contributed by atoms with Crippen LogP contribution in [0.15, 0.2) is 48.5 Å². The molecule has 0 fully saturated rings. The van der Waals surface area contributed by atoms with E-state index in [0.717, 1.165) is 5.56 Å². The van der Waals surface area contributed by atoms with Crippen LogP contribution in [-0.4, -0.2) is 5.78 Å². The molecule has 1 unspecified atom stereocenters. The van der Waals surface area contributed by atoms with Gasteiger partial charge in [-0.15, -0.1) is 0 Å². The van der Waals surface area contributed by atoms with E-state index in [1.807, 2.05) is 31.2 Å². The third-order valence-corrected chi connectivity index (χ3v) is 3.77. The average molecular weight is 298 g/mol. The van der Waals surface area contributed by atoms with Crippen molar-refractivity contribution < 1.29 is 4.79 Å². The van der Waals surface area contributed by atoms with Crippen molar-refractivity contribution in [2.24, 2.45) is 0 Å². The largest absolute Gasteiger partial charge is 0.298 e. The van der Waals surface area contributed by atoms with Crippen LogP contribution in [0.5, 0.6) is 0 Å². The van der Waals surface area contributed by atoms with Gasteiger partial charge in [0.2, 0.25) is 0 Å². The molecule has 0 saturated carbocycles. The van der Waals surface area contributed by atoms with Gasteiger partial charge >= 0.3 is 0 Å². The van der Waals surface area contributed by atoms with Gasteiger partial charge < -0.3 is 0 Å². The van der Waals surface area contributed by atoms with E-state index < -0.39 is 5.92 Å². The first-order chi connectivity index (χ1) is 10.1.